The van der Waals surface area contributed by atoms with E-state index in [1.165, 1.54) is 38.5 Å². The number of fused-ring (bicyclic) bond motifs is 2. The van der Waals surface area contributed by atoms with Crippen molar-refractivity contribution in [3.8, 4) is 0 Å². The molecule has 2 heteroatoms. The van der Waals surface area contributed by atoms with Crippen molar-refractivity contribution in [1.82, 2.24) is 0 Å². The number of hydrogen-bond acceptors (Lipinski definition) is 2. The first-order chi connectivity index (χ1) is 11.3. The molecular weight excluding hydrogens is 296 g/mol. The van der Waals surface area contributed by atoms with E-state index in [0.717, 1.165) is 18.8 Å². The topological polar surface area (TPSA) is 40.5 Å². The van der Waals surface area contributed by atoms with Crippen LogP contribution < -0.4 is 0 Å². The third-order valence-corrected chi connectivity index (χ3v) is 9.63. The molecule has 2 bridgehead atoms. The second-order valence-corrected chi connectivity index (χ2v) is 10.7. The van der Waals surface area contributed by atoms with Gasteiger partial charge in [-0.2, -0.15) is 0 Å². The van der Waals surface area contributed by atoms with Crippen LogP contribution in [0.5, 0.6) is 0 Å². The van der Waals surface area contributed by atoms with Crippen molar-refractivity contribution >= 4 is 0 Å². The Morgan fingerprint density at radius 2 is 1.75 bits per heavy atom. The largest absolute Gasteiger partial charge is 0.393 e. The normalized spacial score (nSPS) is 61.8. The second-order valence-electron chi connectivity index (χ2n) is 10.7. The van der Waals surface area contributed by atoms with Gasteiger partial charge in [-0.15, -0.1) is 0 Å². The van der Waals surface area contributed by atoms with Gasteiger partial charge in [0, 0.05) is 5.92 Å². The van der Waals surface area contributed by atoms with Crippen LogP contribution in [0.15, 0.2) is 11.6 Å². The highest BCUT2D eigenvalue weighted by molar-refractivity contribution is 5.34. The number of aliphatic hydroxyl groups is 2. The zero-order valence-electron chi connectivity index (χ0n) is 15.6. The fourth-order valence-corrected chi connectivity index (χ4v) is 8.25. The molecule has 0 radical (unpaired) electrons. The predicted molar refractivity (Wildman–Crippen MR) is 95.3 cm³/mol. The highest BCUT2D eigenvalue weighted by atomic mass is 16.3. The van der Waals surface area contributed by atoms with Crippen molar-refractivity contribution in [2.45, 2.75) is 84.3 Å². The quantitative estimate of drug-likeness (QED) is 0.650. The van der Waals surface area contributed by atoms with Crippen LogP contribution in [0, 0.1) is 39.9 Å². The highest BCUT2D eigenvalue weighted by Gasteiger charge is 2.63. The molecule has 9 atom stereocenters. The average molecular weight is 331 g/mol. The maximum atomic E-state index is 10.9. The van der Waals surface area contributed by atoms with E-state index in [0.29, 0.717) is 28.6 Å². The summed E-state index contributed by atoms with van der Waals surface area (Å²) in [5.74, 6) is 2.27. The van der Waals surface area contributed by atoms with Gasteiger partial charge >= 0.3 is 0 Å². The van der Waals surface area contributed by atoms with Gasteiger partial charge < -0.3 is 10.2 Å². The van der Waals surface area contributed by atoms with Crippen LogP contribution in [0.25, 0.3) is 0 Å². The van der Waals surface area contributed by atoms with Gasteiger partial charge in [-0.05, 0) is 85.4 Å². The first-order valence-corrected chi connectivity index (χ1v) is 10.4. The van der Waals surface area contributed by atoms with Gasteiger partial charge in [-0.1, -0.05) is 32.4 Å². The lowest BCUT2D eigenvalue weighted by Crippen LogP contribution is -2.49. The lowest BCUT2D eigenvalue weighted by Gasteiger charge is -2.55. The molecule has 2 nitrogen and oxygen atoms in total. The molecule has 3 fully saturated rings. The molecule has 0 amide bonds. The maximum absolute atomic E-state index is 10.9. The standard InChI is InChI=1S/C22H34O2/c1-13-10-20(2)7-6-16-15-4-5-18(23)21(15,3)8-9-22(16)11-14(19(13)24)17(20)12-22/h12-16,18-19,23-24H,4-11H2,1-3H3. The number of rotatable bonds is 0. The average Bonchev–Trinajstić information content (AvgIpc) is 3.02. The summed E-state index contributed by atoms with van der Waals surface area (Å²) in [4.78, 5) is 0. The Hall–Kier alpha value is -0.340. The molecular formula is C22H34O2. The van der Waals surface area contributed by atoms with Crippen LogP contribution in [0.4, 0.5) is 0 Å². The Bertz CT molecular complexity index is 597. The molecule has 3 saturated carbocycles. The molecule has 0 aromatic carbocycles. The molecule has 134 valence electrons. The Balaban J connectivity index is 1.58. The van der Waals surface area contributed by atoms with E-state index in [4.69, 9.17) is 0 Å². The maximum Gasteiger partial charge on any atom is 0.0631 e. The van der Waals surface area contributed by atoms with Crippen molar-refractivity contribution in [3.05, 3.63) is 11.6 Å². The van der Waals surface area contributed by atoms with Crippen LogP contribution >= 0.6 is 0 Å². The Kier molecular flexibility index (Phi) is 3.10. The second kappa shape index (κ2) is 4.68. The van der Waals surface area contributed by atoms with Crippen LogP contribution in [-0.4, -0.2) is 22.4 Å². The van der Waals surface area contributed by atoms with E-state index in [1.54, 1.807) is 5.57 Å². The molecule has 0 aromatic heterocycles. The van der Waals surface area contributed by atoms with Gasteiger partial charge in [0.25, 0.3) is 0 Å². The number of aliphatic hydroxyl groups excluding tert-OH is 2. The Morgan fingerprint density at radius 3 is 2.54 bits per heavy atom. The number of allylic oxidation sites excluding steroid dienone is 1. The van der Waals surface area contributed by atoms with Crippen LogP contribution in [0.3, 0.4) is 0 Å². The van der Waals surface area contributed by atoms with Crippen molar-refractivity contribution in [2.75, 3.05) is 0 Å². The Morgan fingerprint density at radius 1 is 0.958 bits per heavy atom. The van der Waals surface area contributed by atoms with Gasteiger partial charge in [-0.25, -0.2) is 0 Å². The summed E-state index contributed by atoms with van der Waals surface area (Å²) in [6, 6.07) is 0. The number of hydrogen-bond donors (Lipinski definition) is 2. The summed E-state index contributed by atoms with van der Waals surface area (Å²) in [5.41, 5.74) is 2.42. The van der Waals surface area contributed by atoms with Crippen molar-refractivity contribution in [3.63, 3.8) is 0 Å². The van der Waals surface area contributed by atoms with Gasteiger partial charge in [0.15, 0.2) is 0 Å². The molecule has 0 aromatic rings. The van der Waals surface area contributed by atoms with Crippen molar-refractivity contribution in [1.29, 1.82) is 0 Å². The third-order valence-electron chi connectivity index (χ3n) is 9.63. The van der Waals surface area contributed by atoms with Gasteiger partial charge in [0.2, 0.25) is 0 Å². The van der Waals surface area contributed by atoms with Crippen LogP contribution in [-0.2, 0) is 0 Å². The minimum absolute atomic E-state index is 0.0892. The molecule has 1 spiro atoms. The molecule has 0 heterocycles. The van der Waals surface area contributed by atoms with Crippen LogP contribution in [0.1, 0.15) is 72.1 Å². The summed E-state index contributed by atoms with van der Waals surface area (Å²) in [5, 5.41) is 21.5. The lowest BCUT2D eigenvalue weighted by atomic mass is 9.50. The van der Waals surface area contributed by atoms with Crippen molar-refractivity contribution in [2.24, 2.45) is 39.9 Å². The van der Waals surface area contributed by atoms with E-state index >= 15 is 0 Å². The molecule has 5 aliphatic rings. The molecule has 24 heavy (non-hydrogen) atoms. The lowest BCUT2D eigenvalue weighted by molar-refractivity contribution is -0.0797. The molecule has 0 saturated heterocycles. The van der Waals surface area contributed by atoms with Gasteiger partial charge in [0.05, 0.1) is 12.2 Å². The van der Waals surface area contributed by atoms with Crippen LogP contribution in [0.2, 0.25) is 0 Å². The summed E-state index contributed by atoms with van der Waals surface area (Å²) in [7, 11) is 0. The molecule has 2 N–H and O–H groups in total. The highest BCUT2D eigenvalue weighted by Crippen LogP contribution is 2.70. The Labute approximate surface area is 146 Å². The molecule has 9 unspecified atom stereocenters. The summed E-state index contributed by atoms with van der Waals surface area (Å²) in [6.07, 6.45) is 12.1. The molecule has 5 rings (SSSR count). The minimum Gasteiger partial charge on any atom is -0.393 e. The molecule has 5 aliphatic carbocycles. The summed E-state index contributed by atoms with van der Waals surface area (Å²) in [6.45, 7) is 7.11. The van der Waals surface area contributed by atoms with E-state index in [9.17, 15) is 10.2 Å². The van der Waals surface area contributed by atoms with E-state index in [1.807, 2.05) is 0 Å². The fraction of sp³-hybridized carbons (Fsp3) is 0.909. The smallest absolute Gasteiger partial charge is 0.0631 e. The zero-order chi connectivity index (χ0) is 16.9. The van der Waals surface area contributed by atoms with E-state index in [-0.39, 0.29) is 17.6 Å². The SMILES string of the molecule is CC1CC2(C)CCC3C4CCC(O)C4(C)CCC34C=C2C(C4)C1O. The van der Waals surface area contributed by atoms with Gasteiger partial charge in [-0.3, -0.25) is 0 Å². The monoisotopic (exact) mass is 330 g/mol. The summed E-state index contributed by atoms with van der Waals surface area (Å²) < 4.78 is 0. The zero-order valence-corrected chi connectivity index (χ0v) is 15.6. The van der Waals surface area contributed by atoms with Crippen molar-refractivity contribution < 1.29 is 10.2 Å². The van der Waals surface area contributed by atoms with E-state index < -0.39 is 0 Å². The van der Waals surface area contributed by atoms with Gasteiger partial charge in [0.1, 0.15) is 0 Å². The first kappa shape index (κ1) is 15.9. The summed E-state index contributed by atoms with van der Waals surface area (Å²) >= 11 is 0. The van der Waals surface area contributed by atoms with E-state index in [2.05, 4.69) is 26.8 Å². The first-order valence-electron chi connectivity index (χ1n) is 10.4. The fourth-order valence-electron chi connectivity index (χ4n) is 8.25. The minimum atomic E-state index is -0.134. The predicted octanol–water partition coefficient (Wildman–Crippen LogP) is 4.31. The third kappa shape index (κ3) is 1.75. The molecule has 0 aliphatic heterocycles.